The fourth-order valence-corrected chi connectivity index (χ4v) is 2.04. The van der Waals surface area contributed by atoms with Gasteiger partial charge in [0.15, 0.2) is 0 Å². The molecule has 0 spiro atoms. The van der Waals surface area contributed by atoms with Crippen molar-refractivity contribution in [1.29, 1.82) is 0 Å². The number of aromatic nitrogens is 1. The standard InChI is InChI=1S/C12H10BrFN2O/c1-16-7-8(13)5-11(16)12(17)15-10-4-2-3-9(14)6-10/h2-7H,1H3,(H,15,17). The van der Waals surface area contributed by atoms with Crippen molar-refractivity contribution in [1.82, 2.24) is 4.57 Å². The van der Waals surface area contributed by atoms with Gasteiger partial charge in [0.05, 0.1) is 0 Å². The van der Waals surface area contributed by atoms with Gasteiger partial charge in [-0.2, -0.15) is 0 Å². The molecule has 1 aromatic heterocycles. The van der Waals surface area contributed by atoms with Gasteiger partial charge in [0, 0.05) is 23.4 Å². The second kappa shape index (κ2) is 4.71. The molecule has 0 bridgehead atoms. The van der Waals surface area contributed by atoms with E-state index in [2.05, 4.69) is 21.2 Å². The van der Waals surface area contributed by atoms with E-state index in [-0.39, 0.29) is 11.7 Å². The van der Waals surface area contributed by atoms with Gasteiger partial charge in [0.25, 0.3) is 5.91 Å². The van der Waals surface area contributed by atoms with Crippen molar-refractivity contribution in [2.24, 2.45) is 7.05 Å². The Bertz CT molecular complexity index is 565. The first kappa shape index (κ1) is 11.9. The molecule has 0 aliphatic heterocycles. The molecule has 88 valence electrons. The van der Waals surface area contributed by atoms with Gasteiger partial charge in [-0.15, -0.1) is 0 Å². The monoisotopic (exact) mass is 296 g/mol. The fourth-order valence-electron chi connectivity index (χ4n) is 1.51. The summed E-state index contributed by atoms with van der Waals surface area (Å²) in [6.45, 7) is 0. The summed E-state index contributed by atoms with van der Waals surface area (Å²) in [5, 5.41) is 2.63. The van der Waals surface area contributed by atoms with Crippen molar-refractivity contribution < 1.29 is 9.18 Å². The maximum Gasteiger partial charge on any atom is 0.272 e. The summed E-state index contributed by atoms with van der Waals surface area (Å²) in [6.07, 6.45) is 1.78. The van der Waals surface area contributed by atoms with E-state index in [1.807, 2.05) is 0 Å². The largest absolute Gasteiger partial charge is 0.345 e. The van der Waals surface area contributed by atoms with Gasteiger partial charge in [-0.3, -0.25) is 4.79 Å². The summed E-state index contributed by atoms with van der Waals surface area (Å²) in [7, 11) is 1.77. The number of benzene rings is 1. The van der Waals surface area contributed by atoms with Gasteiger partial charge in [-0.05, 0) is 40.2 Å². The maximum atomic E-state index is 12.9. The average Bonchev–Trinajstić information content (AvgIpc) is 2.58. The second-order valence-corrected chi connectivity index (χ2v) is 4.53. The first-order valence-electron chi connectivity index (χ1n) is 4.95. The van der Waals surface area contributed by atoms with Crippen LogP contribution in [0.4, 0.5) is 10.1 Å². The Hall–Kier alpha value is -1.62. The zero-order valence-corrected chi connectivity index (χ0v) is 10.7. The maximum absolute atomic E-state index is 12.9. The van der Waals surface area contributed by atoms with Crippen LogP contribution in [0.25, 0.3) is 0 Å². The lowest BCUT2D eigenvalue weighted by atomic mass is 10.3. The SMILES string of the molecule is Cn1cc(Br)cc1C(=O)Nc1cccc(F)c1. The molecule has 2 aromatic rings. The highest BCUT2D eigenvalue weighted by Crippen LogP contribution is 2.16. The quantitative estimate of drug-likeness (QED) is 0.907. The zero-order chi connectivity index (χ0) is 12.4. The van der Waals surface area contributed by atoms with Crippen molar-refractivity contribution in [3.8, 4) is 0 Å². The smallest absolute Gasteiger partial charge is 0.272 e. The van der Waals surface area contributed by atoms with Crippen LogP contribution < -0.4 is 5.32 Å². The van der Waals surface area contributed by atoms with E-state index in [0.717, 1.165) is 4.47 Å². The lowest BCUT2D eigenvalue weighted by Crippen LogP contribution is -2.15. The summed E-state index contributed by atoms with van der Waals surface area (Å²) >= 11 is 3.29. The van der Waals surface area contributed by atoms with E-state index in [1.54, 1.807) is 36.0 Å². The van der Waals surface area contributed by atoms with Crippen LogP contribution in [0.2, 0.25) is 0 Å². The van der Waals surface area contributed by atoms with Crippen LogP contribution >= 0.6 is 15.9 Å². The number of amides is 1. The van der Waals surface area contributed by atoms with E-state index < -0.39 is 0 Å². The van der Waals surface area contributed by atoms with Crippen molar-refractivity contribution >= 4 is 27.5 Å². The number of rotatable bonds is 2. The Morgan fingerprint density at radius 3 is 2.76 bits per heavy atom. The van der Waals surface area contributed by atoms with E-state index >= 15 is 0 Å². The van der Waals surface area contributed by atoms with Gasteiger partial charge in [0.2, 0.25) is 0 Å². The molecule has 1 N–H and O–H groups in total. The minimum atomic E-state index is -0.379. The Labute approximate surface area is 106 Å². The molecule has 1 amide bonds. The van der Waals surface area contributed by atoms with E-state index in [0.29, 0.717) is 11.4 Å². The highest BCUT2D eigenvalue weighted by Gasteiger charge is 2.11. The molecule has 0 atom stereocenters. The minimum absolute atomic E-state index is 0.274. The van der Waals surface area contributed by atoms with Gasteiger partial charge in [0.1, 0.15) is 11.5 Å². The molecular weight excluding hydrogens is 287 g/mol. The third kappa shape index (κ3) is 2.74. The second-order valence-electron chi connectivity index (χ2n) is 3.62. The third-order valence-electron chi connectivity index (χ3n) is 2.29. The molecule has 0 fully saturated rings. The first-order valence-corrected chi connectivity index (χ1v) is 5.74. The van der Waals surface area contributed by atoms with Crippen molar-refractivity contribution in [3.63, 3.8) is 0 Å². The van der Waals surface area contributed by atoms with E-state index in [9.17, 15) is 9.18 Å². The Morgan fingerprint density at radius 1 is 1.41 bits per heavy atom. The summed E-state index contributed by atoms with van der Waals surface area (Å²) in [5.74, 6) is -0.653. The predicted molar refractivity (Wildman–Crippen MR) is 67.5 cm³/mol. The highest BCUT2D eigenvalue weighted by molar-refractivity contribution is 9.10. The van der Waals surface area contributed by atoms with Crippen LogP contribution in [0, 0.1) is 5.82 Å². The number of halogens is 2. The van der Waals surface area contributed by atoms with Gasteiger partial charge >= 0.3 is 0 Å². The van der Waals surface area contributed by atoms with E-state index in [1.165, 1.54) is 12.1 Å². The third-order valence-corrected chi connectivity index (χ3v) is 2.72. The number of nitrogens with zero attached hydrogens (tertiary/aromatic N) is 1. The molecule has 0 aliphatic rings. The molecule has 1 aromatic carbocycles. The highest BCUT2D eigenvalue weighted by atomic mass is 79.9. The molecule has 1 heterocycles. The van der Waals surface area contributed by atoms with Gasteiger partial charge in [-0.1, -0.05) is 6.07 Å². The van der Waals surface area contributed by atoms with Crippen LogP contribution in [0.3, 0.4) is 0 Å². The first-order chi connectivity index (χ1) is 8.06. The molecule has 17 heavy (non-hydrogen) atoms. The molecule has 3 nitrogen and oxygen atoms in total. The summed E-state index contributed by atoms with van der Waals surface area (Å²) in [6, 6.07) is 7.49. The molecule has 0 saturated heterocycles. The topological polar surface area (TPSA) is 34.0 Å². The zero-order valence-electron chi connectivity index (χ0n) is 9.08. The van der Waals surface area contributed by atoms with Crippen molar-refractivity contribution in [3.05, 3.63) is 52.5 Å². The molecule has 0 unspecified atom stereocenters. The molecule has 2 rings (SSSR count). The minimum Gasteiger partial charge on any atom is -0.345 e. The van der Waals surface area contributed by atoms with Gasteiger partial charge < -0.3 is 9.88 Å². The number of hydrogen-bond donors (Lipinski definition) is 1. The summed E-state index contributed by atoms with van der Waals surface area (Å²) in [5.41, 5.74) is 0.938. The van der Waals surface area contributed by atoms with Gasteiger partial charge in [-0.25, -0.2) is 4.39 Å². The van der Waals surface area contributed by atoms with Crippen LogP contribution in [0.15, 0.2) is 41.0 Å². The fraction of sp³-hybridized carbons (Fsp3) is 0.0833. The normalized spacial score (nSPS) is 10.3. The molecule has 0 aliphatic carbocycles. The van der Waals surface area contributed by atoms with Crippen molar-refractivity contribution in [2.45, 2.75) is 0 Å². The van der Waals surface area contributed by atoms with Crippen LogP contribution in [0.5, 0.6) is 0 Å². The number of anilines is 1. The molecule has 0 radical (unpaired) electrons. The summed E-state index contributed by atoms with van der Waals surface area (Å²) in [4.78, 5) is 11.9. The number of carbonyl (C=O) groups is 1. The molecule has 5 heteroatoms. The lowest BCUT2D eigenvalue weighted by Gasteiger charge is -2.05. The Balaban J connectivity index is 2.20. The number of aryl methyl sites for hydroxylation is 1. The number of hydrogen-bond acceptors (Lipinski definition) is 1. The number of carbonyl (C=O) groups excluding carboxylic acids is 1. The Morgan fingerprint density at radius 2 is 2.18 bits per heavy atom. The van der Waals surface area contributed by atoms with E-state index in [4.69, 9.17) is 0 Å². The average molecular weight is 297 g/mol. The number of nitrogens with one attached hydrogen (secondary N) is 1. The van der Waals surface area contributed by atoms with Crippen LogP contribution in [0.1, 0.15) is 10.5 Å². The Kier molecular flexibility index (Phi) is 3.28. The van der Waals surface area contributed by atoms with Crippen LogP contribution in [-0.2, 0) is 7.05 Å². The molecule has 0 saturated carbocycles. The van der Waals surface area contributed by atoms with Crippen LogP contribution in [-0.4, -0.2) is 10.5 Å². The summed E-state index contributed by atoms with van der Waals surface area (Å²) < 4.78 is 15.5. The predicted octanol–water partition coefficient (Wildman–Crippen LogP) is 3.18. The molecular formula is C12H10BrFN2O. The van der Waals surface area contributed by atoms with Crippen molar-refractivity contribution in [2.75, 3.05) is 5.32 Å². The lowest BCUT2D eigenvalue weighted by molar-refractivity contribution is 0.101.